The van der Waals surface area contributed by atoms with Crippen molar-refractivity contribution in [2.24, 2.45) is 16.7 Å². The van der Waals surface area contributed by atoms with Gasteiger partial charge in [0.1, 0.15) is 0 Å². The zero-order chi connectivity index (χ0) is 12.8. The number of hydrogen-bond acceptors (Lipinski definition) is 3. The highest BCUT2D eigenvalue weighted by Crippen LogP contribution is 2.52. The highest BCUT2D eigenvalue weighted by atomic mass is 15.2. The lowest BCUT2D eigenvalue weighted by Crippen LogP contribution is -2.61. The Hall–Kier alpha value is -0.120. The molecule has 2 N–H and O–H groups in total. The van der Waals surface area contributed by atoms with E-state index in [1.165, 1.54) is 84.3 Å². The molecule has 0 unspecified atom stereocenters. The molecule has 108 valence electrons. The zero-order valence-corrected chi connectivity index (χ0v) is 12.2. The average Bonchev–Trinajstić information content (AvgIpc) is 2.37. The Kier molecular flexibility index (Phi) is 3.13. The third-order valence-electron chi connectivity index (χ3n) is 6.41. The van der Waals surface area contributed by atoms with Crippen LogP contribution >= 0.6 is 0 Å². The summed E-state index contributed by atoms with van der Waals surface area (Å²) < 4.78 is 0. The van der Waals surface area contributed by atoms with Crippen LogP contribution in [-0.4, -0.2) is 50.7 Å². The van der Waals surface area contributed by atoms with Gasteiger partial charge < -0.3 is 15.5 Å². The van der Waals surface area contributed by atoms with Crippen LogP contribution in [0.3, 0.4) is 0 Å². The molecule has 1 saturated carbocycles. The summed E-state index contributed by atoms with van der Waals surface area (Å²) in [5, 5.41) is 7.01. The lowest BCUT2D eigenvalue weighted by molar-refractivity contribution is -0.0655. The lowest BCUT2D eigenvalue weighted by atomic mass is 9.57. The third kappa shape index (κ3) is 2.34. The number of nitrogens with one attached hydrogen (secondary N) is 2. The molecule has 1 aliphatic carbocycles. The summed E-state index contributed by atoms with van der Waals surface area (Å²) >= 11 is 0. The van der Waals surface area contributed by atoms with E-state index in [0.717, 1.165) is 16.7 Å². The maximum atomic E-state index is 3.51. The molecule has 4 aliphatic rings. The molecule has 3 saturated heterocycles. The monoisotopic (exact) mass is 263 g/mol. The van der Waals surface area contributed by atoms with Crippen molar-refractivity contribution < 1.29 is 0 Å². The summed E-state index contributed by atoms with van der Waals surface area (Å²) in [5.41, 5.74) is 1.49. The SMILES string of the molecule is C1CC2(CCN1)CC(CN1CC3(CCNCC3)C1)C2. The molecule has 0 atom stereocenters. The number of likely N-dealkylation sites (tertiary alicyclic amines) is 1. The molecule has 0 aromatic heterocycles. The fourth-order valence-corrected chi connectivity index (χ4v) is 5.33. The molecule has 0 radical (unpaired) electrons. The van der Waals surface area contributed by atoms with Crippen molar-refractivity contribution in [1.29, 1.82) is 0 Å². The topological polar surface area (TPSA) is 27.3 Å². The minimum absolute atomic E-state index is 0.724. The fraction of sp³-hybridized carbons (Fsp3) is 1.00. The minimum Gasteiger partial charge on any atom is -0.317 e. The molecule has 0 amide bonds. The molecule has 4 rings (SSSR count). The smallest absolute Gasteiger partial charge is 0.00515 e. The normalized spacial score (nSPS) is 34.1. The van der Waals surface area contributed by atoms with Crippen LogP contribution < -0.4 is 10.6 Å². The Bertz CT molecular complexity index is 281. The van der Waals surface area contributed by atoms with Gasteiger partial charge in [-0.15, -0.1) is 0 Å². The van der Waals surface area contributed by atoms with Gasteiger partial charge in [0.15, 0.2) is 0 Å². The summed E-state index contributed by atoms with van der Waals surface area (Å²) in [6.07, 6.45) is 8.78. The average molecular weight is 263 g/mol. The Morgan fingerprint density at radius 2 is 1.32 bits per heavy atom. The maximum Gasteiger partial charge on any atom is 0.00515 e. The van der Waals surface area contributed by atoms with Crippen molar-refractivity contribution in [3.63, 3.8) is 0 Å². The van der Waals surface area contributed by atoms with E-state index in [4.69, 9.17) is 0 Å². The van der Waals surface area contributed by atoms with Crippen molar-refractivity contribution in [3.05, 3.63) is 0 Å². The van der Waals surface area contributed by atoms with E-state index in [9.17, 15) is 0 Å². The lowest BCUT2D eigenvalue weighted by Gasteiger charge is -2.57. The van der Waals surface area contributed by atoms with Crippen LogP contribution in [-0.2, 0) is 0 Å². The summed E-state index contributed by atoms with van der Waals surface area (Å²) in [7, 11) is 0. The van der Waals surface area contributed by atoms with Gasteiger partial charge in [0.25, 0.3) is 0 Å². The standard InChI is InChI=1S/C16H29N3/c1-5-17-6-2-15(1)9-14(10-15)11-19-12-16(13-19)3-7-18-8-4-16/h14,17-18H,1-13H2. The molecular formula is C16H29N3. The Balaban J connectivity index is 1.21. The quantitative estimate of drug-likeness (QED) is 0.790. The number of piperidine rings is 2. The van der Waals surface area contributed by atoms with Gasteiger partial charge in [0.05, 0.1) is 0 Å². The van der Waals surface area contributed by atoms with Crippen molar-refractivity contribution in [2.45, 2.75) is 38.5 Å². The number of nitrogens with zero attached hydrogens (tertiary/aromatic N) is 1. The van der Waals surface area contributed by atoms with E-state index >= 15 is 0 Å². The summed E-state index contributed by atoms with van der Waals surface area (Å²) in [6.45, 7) is 9.27. The van der Waals surface area contributed by atoms with E-state index in [0.29, 0.717) is 0 Å². The first-order valence-corrected chi connectivity index (χ1v) is 8.42. The summed E-state index contributed by atoms with van der Waals surface area (Å²) in [4.78, 5) is 2.75. The van der Waals surface area contributed by atoms with Crippen LogP contribution in [0.15, 0.2) is 0 Å². The van der Waals surface area contributed by atoms with Crippen LogP contribution in [0.4, 0.5) is 0 Å². The largest absolute Gasteiger partial charge is 0.317 e. The van der Waals surface area contributed by atoms with Crippen LogP contribution in [0.2, 0.25) is 0 Å². The zero-order valence-electron chi connectivity index (χ0n) is 12.2. The predicted octanol–water partition coefficient (Wildman–Crippen LogP) is 1.45. The van der Waals surface area contributed by atoms with Crippen molar-refractivity contribution in [2.75, 3.05) is 45.8 Å². The van der Waals surface area contributed by atoms with E-state index < -0.39 is 0 Å². The Morgan fingerprint density at radius 1 is 0.789 bits per heavy atom. The maximum absolute atomic E-state index is 3.51. The molecule has 3 heteroatoms. The molecule has 0 aromatic carbocycles. The van der Waals surface area contributed by atoms with E-state index in [1.54, 1.807) is 0 Å². The van der Waals surface area contributed by atoms with Crippen LogP contribution in [0.5, 0.6) is 0 Å². The molecule has 19 heavy (non-hydrogen) atoms. The molecule has 2 spiro atoms. The molecule has 3 nitrogen and oxygen atoms in total. The molecule has 3 aliphatic heterocycles. The van der Waals surface area contributed by atoms with Crippen molar-refractivity contribution in [3.8, 4) is 0 Å². The van der Waals surface area contributed by atoms with E-state index in [-0.39, 0.29) is 0 Å². The van der Waals surface area contributed by atoms with Gasteiger partial charge in [0.2, 0.25) is 0 Å². The second kappa shape index (κ2) is 4.71. The number of hydrogen-bond donors (Lipinski definition) is 2. The van der Waals surface area contributed by atoms with E-state index in [2.05, 4.69) is 15.5 Å². The van der Waals surface area contributed by atoms with Crippen molar-refractivity contribution >= 4 is 0 Å². The van der Waals surface area contributed by atoms with Gasteiger partial charge in [-0.3, -0.25) is 0 Å². The first kappa shape index (κ1) is 12.6. The first-order valence-electron chi connectivity index (χ1n) is 8.42. The fourth-order valence-electron chi connectivity index (χ4n) is 5.33. The van der Waals surface area contributed by atoms with Gasteiger partial charge in [-0.05, 0) is 81.5 Å². The van der Waals surface area contributed by atoms with Gasteiger partial charge in [-0.2, -0.15) is 0 Å². The molecule has 0 aromatic rings. The molecule has 0 bridgehead atoms. The molecule has 4 fully saturated rings. The van der Waals surface area contributed by atoms with Crippen molar-refractivity contribution in [1.82, 2.24) is 15.5 Å². The Labute approximate surface area is 117 Å². The van der Waals surface area contributed by atoms with E-state index in [1.807, 2.05) is 0 Å². The second-order valence-corrected chi connectivity index (χ2v) is 7.94. The van der Waals surface area contributed by atoms with Crippen LogP contribution in [0.1, 0.15) is 38.5 Å². The van der Waals surface area contributed by atoms with Gasteiger partial charge >= 0.3 is 0 Å². The van der Waals surface area contributed by atoms with Gasteiger partial charge in [-0.1, -0.05) is 0 Å². The van der Waals surface area contributed by atoms with Gasteiger partial charge in [0, 0.05) is 19.6 Å². The molecule has 3 heterocycles. The third-order valence-corrected chi connectivity index (χ3v) is 6.41. The first-order chi connectivity index (χ1) is 9.28. The second-order valence-electron chi connectivity index (χ2n) is 7.94. The number of rotatable bonds is 2. The summed E-state index contributed by atoms with van der Waals surface area (Å²) in [6, 6.07) is 0. The minimum atomic E-state index is 0.724. The predicted molar refractivity (Wildman–Crippen MR) is 78.2 cm³/mol. The summed E-state index contributed by atoms with van der Waals surface area (Å²) in [5.74, 6) is 1.03. The highest BCUT2D eigenvalue weighted by Gasteiger charge is 2.48. The van der Waals surface area contributed by atoms with Crippen LogP contribution in [0, 0.1) is 16.7 Å². The van der Waals surface area contributed by atoms with Crippen LogP contribution in [0.25, 0.3) is 0 Å². The molecular weight excluding hydrogens is 234 g/mol. The Morgan fingerprint density at radius 3 is 1.89 bits per heavy atom. The highest BCUT2D eigenvalue weighted by molar-refractivity contribution is 5.01. The van der Waals surface area contributed by atoms with Gasteiger partial charge in [-0.25, -0.2) is 0 Å².